The van der Waals surface area contributed by atoms with Gasteiger partial charge in [-0.15, -0.1) is 12.4 Å². The van der Waals surface area contributed by atoms with Crippen LogP contribution in [0.1, 0.15) is 37.8 Å². The van der Waals surface area contributed by atoms with Crippen LogP contribution in [0.4, 0.5) is 0 Å². The Labute approximate surface area is 140 Å². The molecule has 6 heteroatoms. The normalized spacial score (nSPS) is 19.7. The van der Waals surface area contributed by atoms with E-state index in [-0.39, 0.29) is 18.4 Å². The fraction of sp³-hybridized carbons (Fsp3) is 0.625. The second kappa shape index (κ2) is 8.29. The lowest BCUT2D eigenvalue weighted by Gasteiger charge is -2.31. The second-order valence-electron chi connectivity index (χ2n) is 5.63. The third-order valence-electron chi connectivity index (χ3n) is 4.37. The molecule has 0 saturated carbocycles. The van der Waals surface area contributed by atoms with Gasteiger partial charge in [-0.3, -0.25) is 0 Å². The van der Waals surface area contributed by atoms with E-state index >= 15 is 0 Å². The third kappa shape index (κ3) is 4.02. The van der Waals surface area contributed by atoms with E-state index in [2.05, 4.69) is 19.2 Å². The molecular weight excluding hydrogens is 320 g/mol. The van der Waals surface area contributed by atoms with Gasteiger partial charge >= 0.3 is 0 Å². The van der Waals surface area contributed by atoms with Gasteiger partial charge in [-0.1, -0.05) is 19.9 Å². The number of hydrogen-bond donors (Lipinski definition) is 1. The molecule has 22 heavy (non-hydrogen) atoms. The number of likely N-dealkylation sites (N-methyl/N-ethyl adjacent to an activating group) is 1. The Bertz CT molecular complexity index is 590. The van der Waals surface area contributed by atoms with Gasteiger partial charge in [-0.05, 0) is 56.0 Å². The minimum Gasteiger partial charge on any atom is -0.316 e. The van der Waals surface area contributed by atoms with Gasteiger partial charge in [0.05, 0.1) is 4.90 Å². The molecule has 1 heterocycles. The first kappa shape index (κ1) is 19.4. The number of rotatable bonds is 5. The van der Waals surface area contributed by atoms with Crippen LogP contribution in [-0.4, -0.2) is 38.9 Å². The third-order valence-corrected chi connectivity index (χ3v) is 6.23. The highest BCUT2D eigenvalue weighted by molar-refractivity contribution is 7.89. The zero-order valence-electron chi connectivity index (χ0n) is 13.6. The summed E-state index contributed by atoms with van der Waals surface area (Å²) in [7, 11) is -1.47. The summed E-state index contributed by atoms with van der Waals surface area (Å²) in [4.78, 5) is 0.438. The van der Waals surface area contributed by atoms with Gasteiger partial charge < -0.3 is 5.32 Å². The van der Waals surface area contributed by atoms with Crippen LogP contribution in [0, 0.1) is 0 Å². The lowest BCUT2D eigenvalue weighted by molar-refractivity contribution is 0.293. The van der Waals surface area contributed by atoms with E-state index < -0.39 is 10.0 Å². The van der Waals surface area contributed by atoms with Gasteiger partial charge in [0.25, 0.3) is 0 Å². The van der Waals surface area contributed by atoms with Crippen LogP contribution in [-0.2, 0) is 22.9 Å². The van der Waals surface area contributed by atoms with Crippen LogP contribution in [0.2, 0.25) is 0 Å². The number of piperidine rings is 1. The average molecular weight is 347 g/mol. The molecule has 1 fully saturated rings. The molecule has 1 unspecified atom stereocenters. The first-order valence-electron chi connectivity index (χ1n) is 7.82. The molecule has 0 aromatic heterocycles. The highest BCUT2D eigenvalue weighted by Gasteiger charge is 2.29. The fourth-order valence-electron chi connectivity index (χ4n) is 2.98. The SMILES string of the molecule is CCc1ccc(S(=O)(=O)N2CCCC(NC)C2)cc1CC.Cl. The van der Waals surface area contributed by atoms with E-state index in [0.29, 0.717) is 18.0 Å². The number of benzene rings is 1. The first-order valence-corrected chi connectivity index (χ1v) is 9.26. The van der Waals surface area contributed by atoms with Crippen molar-refractivity contribution >= 4 is 22.4 Å². The number of sulfonamides is 1. The van der Waals surface area contributed by atoms with Crippen molar-refractivity contribution in [1.29, 1.82) is 0 Å². The molecule has 1 atom stereocenters. The molecule has 0 radical (unpaired) electrons. The van der Waals surface area contributed by atoms with Gasteiger partial charge in [0.1, 0.15) is 0 Å². The molecule has 1 aliphatic heterocycles. The molecule has 0 bridgehead atoms. The molecule has 1 saturated heterocycles. The Kier molecular flexibility index (Phi) is 7.32. The highest BCUT2D eigenvalue weighted by Crippen LogP contribution is 2.23. The number of halogens is 1. The van der Waals surface area contributed by atoms with Crippen LogP contribution in [0.3, 0.4) is 0 Å². The molecule has 4 nitrogen and oxygen atoms in total. The maximum Gasteiger partial charge on any atom is 0.243 e. The minimum atomic E-state index is -3.37. The number of hydrogen-bond acceptors (Lipinski definition) is 3. The van der Waals surface area contributed by atoms with E-state index in [4.69, 9.17) is 0 Å². The maximum atomic E-state index is 12.8. The van der Waals surface area contributed by atoms with Crippen LogP contribution in [0.5, 0.6) is 0 Å². The quantitative estimate of drug-likeness (QED) is 0.891. The average Bonchev–Trinajstić information content (AvgIpc) is 2.54. The largest absolute Gasteiger partial charge is 0.316 e. The molecule has 2 rings (SSSR count). The van der Waals surface area contributed by atoms with Gasteiger partial charge in [-0.2, -0.15) is 4.31 Å². The van der Waals surface area contributed by atoms with Gasteiger partial charge in [0, 0.05) is 19.1 Å². The summed E-state index contributed by atoms with van der Waals surface area (Å²) >= 11 is 0. The Balaban J connectivity index is 0.00000242. The zero-order valence-corrected chi connectivity index (χ0v) is 15.3. The molecule has 1 aliphatic rings. The fourth-order valence-corrected chi connectivity index (χ4v) is 4.56. The summed E-state index contributed by atoms with van der Waals surface area (Å²) < 4.78 is 27.3. The summed E-state index contributed by atoms with van der Waals surface area (Å²) in [6.07, 6.45) is 3.76. The van der Waals surface area contributed by atoms with Crippen molar-refractivity contribution in [1.82, 2.24) is 9.62 Å². The van der Waals surface area contributed by atoms with Gasteiger partial charge in [0.2, 0.25) is 10.0 Å². The summed E-state index contributed by atoms with van der Waals surface area (Å²) in [5, 5.41) is 3.19. The van der Waals surface area contributed by atoms with Crippen molar-refractivity contribution in [3.05, 3.63) is 29.3 Å². The monoisotopic (exact) mass is 346 g/mol. The predicted molar refractivity (Wildman–Crippen MR) is 93.3 cm³/mol. The maximum absolute atomic E-state index is 12.8. The zero-order chi connectivity index (χ0) is 15.5. The van der Waals surface area contributed by atoms with Crippen LogP contribution < -0.4 is 5.32 Å². The van der Waals surface area contributed by atoms with E-state index in [9.17, 15) is 8.42 Å². The summed E-state index contributed by atoms with van der Waals surface area (Å²) in [5.74, 6) is 0. The van der Waals surface area contributed by atoms with Crippen molar-refractivity contribution in [2.24, 2.45) is 0 Å². The lowest BCUT2D eigenvalue weighted by atomic mass is 10.0. The lowest BCUT2D eigenvalue weighted by Crippen LogP contribution is -2.46. The number of aryl methyl sites for hydroxylation is 2. The van der Waals surface area contributed by atoms with Gasteiger partial charge in [0.15, 0.2) is 0 Å². The first-order chi connectivity index (χ1) is 10.0. The van der Waals surface area contributed by atoms with Crippen molar-refractivity contribution in [2.45, 2.75) is 50.5 Å². The Morgan fingerprint density at radius 3 is 2.50 bits per heavy atom. The molecule has 126 valence electrons. The van der Waals surface area contributed by atoms with Crippen molar-refractivity contribution in [3.63, 3.8) is 0 Å². The van der Waals surface area contributed by atoms with E-state index in [1.165, 1.54) is 5.56 Å². The van der Waals surface area contributed by atoms with Crippen molar-refractivity contribution < 1.29 is 8.42 Å². The van der Waals surface area contributed by atoms with E-state index in [1.54, 1.807) is 10.4 Å². The molecule has 0 amide bonds. The van der Waals surface area contributed by atoms with Crippen LogP contribution in [0.15, 0.2) is 23.1 Å². The van der Waals surface area contributed by atoms with Crippen molar-refractivity contribution in [3.8, 4) is 0 Å². The van der Waals surface area contributed by atoms with E-state index in [1.807, 2.05) is 19.2 Å². The summed E-state index contributed by atoms with van der Waals surface area (Å²) in [6.45, 7) is 5.36. The molecule has 0 aliphatic carbocycles. The topological polar surface area (TPSA) is 49.4 Å². The number of nitrogens with one attached hydrogen (secondary N) is 1. The standard InChI is InChI=1S/C16H26N2O2S.ClH/c1-4-13-8-9-16(11-14(13)5-2)21(19,20)18-10-6-7-15(12-18)17-3;/h8-9,11,15,17H,4-7,10,12H2,1-3H3;1H. The molecular formula is C16H27ClN2O2S. The predicted octanol–water partition coefficient (Wildman–Crippen LogP) is 2.61. The Morgan fingerprint density at radius 2 is 1.91 bits per heavy atom. The summed E-state index contributed by atoms with van der Waals surface area (Å²) in [6, 6.07) is 5.84. The smallest absolute Gasteiger partial charge is 0.243 e. The van der Waals surface area contributed by atoms with Gasteiger partial charge in [-0.25, -0.2) is 8.42 Å². The number of nitrogens with zero attached hydrogens (tertiary/aromatic N) is 1. The van der Waals surface area contributed by atoms with Crippen molar-refractivity contribution in [2.75, 3.05) is 20.1 Å². The summed E-state index contributed by atoms with van der Waals surface area (Å²) in [5.41, 5.74) is 2.38. The second-order valence-corrected chi connectivity index (χ2v) is 7.57. The van der Waals surface area contributed by atoms with Crippen LogP contribution in [0.25, 0.3) is 0 Å². The Morgan fingerprint density at radius 1 is 1.23 bits per heavy atom. The minimum absolute atomic E-state index is 0. The molecule has 1 N–H and O–H groups in total. The van der Waals surface area contributed by atoms with E-state index in [0.717, 1.165) is 31.2 Å². The highest BCUT2D eigenvalue weighted by atomic mass is 35.5. The van der Waals surface area contributed by atoms with Crippen LogP contribution >= 0.6 is 12.4 Å². The molecule has 1 aromatic rings. The molecule has 0 spiro atoms. The molecule has 1 aromatic carbocycles. The Hall–Kier alpha value is -0.620.